The first-order valence-electron chi connectivity index (χ1n) is 6.63. The Labute approximate surface area is 138 Å². The van der Waals surface area contributed by atoms with Crippen LogP contribution in [0.3, 0.4) is 0 Å². The normalized spacial score (nSPS) is 11.2. The first kappa shape index (κ1) is 19.8. The molecule has 6 heteroatoms. The number of aromatic nitrogens is 1. The average Bonchev–Trinajstić information content (AvgIpc) is 2.42. The average molecular weight is 332 g/mol. The quantitative estimate of drug-likeness (QED) is 0.793. The number of fused-ring (bicyclic) bond motifs is 1. The smallest absolute Gasteiger partial charge is 0.121 e. The van der Waals surface area contributed by atoms with Crippen molar-refractivity contribution in [2.24, 2.45) is 5.73 Å². The highest BCUT2D eigenvalue weighted by Crippen LogP contribution is 2.27. The molecule has 21 heavy (non-hydrogen) atoms. The Morgan fingerprint density at radius 1 is 1.33 bits per heavy atom. The van der Waals surface area contributed by atoms with Crippen LogP contribution in [0, 0.1) is 0 Å². The summed E-state index contributed by atoms with van der Waals surface area (Å²) in [6, 6.07) is 8.21. The van der Waals surface area contributed by atoms with Gasteiger partial charge in [0.1, 0.15) is 5.75 Å². The van der Waals surface area contributed by atoms with Gasteiger partial charge in [0.15, 0.2) is 0 Å². The monoisotopic (exact) mass is 331 g/mol. The number of benzene rings is 1. The summed E-state index contributed by atoms with van der Waals surface area (Å²) in [5.74, 6) is 0.843. The van der Waals surface area contributed by atoms with Gasteiger partial charge in [0.25, 0.3) is 0 Å². The second-order valence-electron chi connectivity index (χ2n) is 4.80. The zero-order chi connectivity index (χ0) is 13.7. The van der Waals surface area contributed by atoms with Gasteiger partial charge in [0.2, 0.25) is 0 Å². The molecule has 3 N–H and O–H groups in total. The predicted molar refractivity (Wildman–Crippen MR) is 94.2 cm³/mol. The second-order valence-corrected chi connectivity index (χ2v) is 4.80. The maximum Gasteiger partial charge on any atom is 0.121 e. The molecule has 0 aliphatic carbocycles. The number of hydrogen-bond acceptors (Lipinski definition) is 4. The molecule has 0 spiro atoms. The molecular weight excluding hydrogens is 309 g/mol. The molecule has 0 aliphatic heterocycles. The standard InChI is InChI=1S/C15H21N3O.2ClH/c1-11(16)5-3-7-17-14-10-13(19-2)9-12-6-4-8-18-15(12)14;;/h4,6,8-11,17H,3,5,7,16H2,1-2H3;2*1H. The van der Waals surface area contributed by atoms with Crippen molar-refractivity contribution in [3.63, 3.8) is 0 Å². The number of halogens is 2. The van der Waals surface area contributed by atoms with E-state index in [9.17, 15) is 0 Å². The van der Waals surface area contributed by atoms with Gasteiger partial charge in [0.05, 0.1) is 18.3 Å². The highest BCUT2D eigenvalue weighted by Gasteiger charge is 2.05. The lowest BCUT2D eigenvalue weighted by atomic mass is 10.1. The number of hydrogen-bond donors (Lipinski definition) is 2. The van der Waals surface area contributed by atoms with E-state index in [0.717, 1.165) is 41.7 Å². The maximum absolute atomic E-state index is 5.75. The lowest BCUT2D eigenvalue weighted by Gasteiger charge is -2.12. The molecule has 1 aromatic carbocycles. The molecule has 1 heterocycles. The van der Waals surface area contributed by atoms with Gasteiger partial charge in [-0.3, -0.25) is 4.98 Å². The maximum atomic E-state index is 5.75. The molecule has 0 aliphatic rings. The van der Waals surface area contributed by atoms with Crippen LogP contribution in [0.1, 0.15) is 19.8 Å². The van der Waals surface area contributed by atoms with Crippen molar-refractivity contribution in [1.82, 2.24) is 4.98 Å². The topological polar surface area (TPSA) is 60.2 Å². The zero-order valence-electron chi connectivity index (χ0n) is 12.3. The third-order valence-electron chi connectivity index (χ3n) is 3.07. The molecule has 1 atom stereocenters. The van der Waals surface area contributed by atoms with Crippen LogP contribution < -0.4 is 15.8 Å². The fraction of sp³-hybridized carbons (Fsp3) is 0.400. The minimum atomic E-state index is 0. The number of nitrogens with one attached hydrogen (secondary N) is 1. The summed E-state index contributed by atoms with van der Waals surface area (Å²) in [6.07, 6.45) is 3.87. The van der Waals surface area contributed by atoms with E-state index in [1.807, 2.05) is 37.4 Å². The molecule has 0 saturated heterocycles. The Morgan fingerprint density at radius 3 is 2.76 bits per heavy atom. The Hall–Kier alpha value is -1.23. The summed E-state index contributed by atoms with van der Waals surface area (Å²) in [4.78, 5) is 4.43. The van der Waals surface area contributed by atoms with Gasteiger partial charge in [-0.25, -0.2) is 0 Å². The largest absolute Gasteiger partial charge is 0.497 e. The highest BCUT2D eigenvalue weighted by atomic mass is 35.5. The summed E-state index contributed by atoms with van der Waals surface area (Å²) in [6.45, 7) is 2.92. The van der Waals surface area contributed by atoms with Crippen LogP contribution in [0.15, 0.2) is 30.5 Å². The number of methoxy groups -OCH3 is 1. The van der Waals surface area contributed by atoms with Crippen molar-refractivity contribution >= 4 is 41.4 Å². The first-order chi connectivity index (χ1) is 9.20. The van der Waals surface area contributed by atoms with Crippen LogP contribution >= 0.6 is 24.8 Å². The molecule has 0 saturated carbocycles. The molecule has 1 aromatic heterocycles. The van der Waals surface area contributed by atoms with Crippen molar-refractivity contribution in [3.05, 3.63) is 30.5 Å². The van der Waals surface area contributed by atoms with E-state index in [4.69, 9.17) is 10.5 Å². The van der Waals surface area contributed by atoms with Crippen LogP contribution in [0.2, 0.25) is 0 Å². The van der Waals surface area contributed by atoms with Crippen LogP contribution in [0.25, 0.3) is 10.9 Å². The minimum Gasteiger partial charge on any atom is -0.497 e. The van der Waals surface area contributed by atoms with Crippen molar-refractivity contribution in [2.75, 3.05) is 19.0 Å². The molecule has 1 unspecified atom stereocenters. The van der Waals surface area contributed by atoms with E-state index in [2.05, 4.69) is 10.3 Å². The number of pyridine rings is 1. The van der Waals surface area contributed by atoms with Crippen LogP contribution in [0.5, 0.6) is 5.75 Å². The first-order valence-corrected chi connectivity index (χ1v) is 6.63. The summed E-state index contributed by atoms with van der Waals surface area (Å²) in [7, 11) is 1.68. The molecule has 118 valence electrons. The predicted octanol–water partition coefficient (Wildman–Crippen LogP) is 3.63. The molecule has 0 bridgehead atoms. The molecule has 0 fully saturated rings. The van der Waals surface area contributed by atoms with Crippen molar-refractivity contribution in [3.8, 4) is 5.75 Å². The van der Waals surface area contributed by atoms with E-state index >= 15 is 0 Å². The van der Waals surface area contributed by atoms with Gasteiger partial charge >= 0.3 is 0 Å². The lowest BCUT2D eigenvalue weighted by molar-refractivity contribution is 0.415. The van der Waals surface area contributed by atoms with Crippen LogP contribution in [-0.4, -0.2) is 24.7 Å². The van der Waals surface area contributed by atoms with Gasteiger partial charge < -0.3 is 15.8 Å². The van der Waals surface area contributed by atoms with E-state index in [0.29, 0.717) is 0 Å². The summed E-state index contributed by atoms with van der Waals surface area (Å²) in [5, 5.41) is 4.50. The fourth-order valence-electron chi connectivity index (χ4n) is 2.06. The van der Waals surface area contributed by atoms with E-state index in [1.165, 1.54) is 0 Å². The molecular formula is C15H23Cl2N3O. The number of nitrogens with zero attached hydrogens (tertiary/aromatic N) is 1. The van der Waals surface area contributed by atoms with E-state index < -0.39 is 0 Å². The number of anilines is 1. The lowest BCUT2D eigenvalue weighted by Crippen LogP contribution is -2.16. The Morgan fingerprint density at radius 2 is 2.10 bits per heavy atom. The molecule has 2 aromatic rings. The third-order valence-corrected chi connectivity index (χ3v) is 3.07. The van der Waals surface area contributed by atoms with E-state index in [-0.39, 0.29) is 30.9 Å². The third kappa shape index (κ3) is 5.58. The van der Waals surface area contributed by atoms with Gasteiger partial charge in [-0.05, 0) is 31.9 Å². The van der Waals surface area contributed by atoms with Crippen molar-refractivity contribution in [2.45, 2.75) is 25.8 Å². The van der Waals surface area contributed by atoms with E-state index in [1.54, 1.807) is 7.11 Å². The number of rotatable bonds is 6. The fourth-order valence-corrected chi connectivity index (χ4v) is 2.06. The molecule has 4 nitrogen and oxygen atoms in total. The Kier molecular flexibility index (Phi) is 9.09. The van der Waals surface area contributed by atoms with Crippen LogP contribution in [0.4, 0.5) is 5.69 Å². The molecule has 0 amide bonds. The Balaban J connectivity index is 0.00000200. The highest BCUT2D eigenvalue weighted by molar-refractivity contribution is 5.91. The summed E-state index contributed by atoms with van der Waals surface area (Å²) < 4.78 is 5.32. The van der Waals surface area contributed by atoms with Gasteiger partial charge in [0, 0.05) is 30.2 Å². The van der Waals surface area contributed by atoms with Crippen molar-refractivity contribution in [1.29, 1.82) is 0 Å². The summed E-state index contributed by atoms with van der Waals surface area (Å²) in [5.41, 5.74) is 7.74. The number of ether oxygens (including phenoxy) is 1. The second kappa shape index (κ2) is 9.66. The molecule has 0 radical (unpaired) electrons. The molecule has 2 rings (SSSR count). The Bertz CT molecular complexity index is 549. The van der Waals surface area contributed by atoms with Gasteiger partial charge in [-0.2, -0.15) is 0 Å². The van der Waals surface area contributed by atoms with Crippen molar-refractivity contribution < 1.29 is 4.74 Å². The van der Waals surface area contributed by atoms with Crippen LogP contribution in [-0.2, 0) is 0 Å². The zero-order valence-corrected chi connectivity index (χ0v) is 14.0. The SMILES string of the molecule is COc1cc(NCCCC(C)N)c2ncccc2c1.Cl.Cl. The number of nitrogens with two attached hydrogens (primary N) is 1. The van der Waals surface area contributed by atoms with Gasteiger partial charge in [-0.1, -0.05) is 6.07 Å². The van der Waals surface area contributed by atoms with Gasteiger partial charge in [-0.15, -0.1) is 24.8 Å². The summed E-state index contributed by atoms with van der Waals surface area (Å²) >= 11 is 0. The minimum absolute atomic E-state index is 0.